The molecular weight excluding hydrogens is 368 g/mol. The normalized spacial score (nSPS) is 25.8. The molecular formula is C20H29ClN2O4. The van der Waals surface area contributed by atoms with Crippen LogP contribution in [0.3, 0.4) is 0 Å². The van der Waals surface area contributed by atoms with E-state index >= 15 is 0 Å². The van der Waals surface area contributed by atoms with E-state index in [4.69, 9.17) is 21.1 Å². The highest BCUT2D eigenvalue weighted by molar-refractivity contribution is 6.30. The lowest BCUT2D eigenvalue weighted by atomic mass is 9.99. The molecule has 1 saturated heterocycles. The predicted octanol–water partition coefficient (Wildman–Crippen LogP) is 3.30. The van der Waals surface area contributed by atoms with Gasteiger partial charge in [-0.3, -0.25) is 4.90 Å². The summed E-state index contributed by atoms with van der Waals surface area (Å²) in [6, 6.07) is 3.56. The minimum absolute atomic E-state index is 0.00840. The average Bonchev–Trinajstić information content (AvgIpc) is 2.88. The Balaban J connectivity index is 1.74. The van der Waals surface area contributed by atoms with Crippen LogP contribution in [0.5, 0.6) is 5.75 Å². The monoisotopic (exact) mass is 396 g/mol. The molecule has 0 bridgehead atoms. The summed E-state index contributed by atoms with van der Waals surface area (Å²) in [6.07, 6.45) is 1.46. The van der Waals surface area contributed by atoms with Gasteiger partial charge in [0, 0.05) is 29.6 Å². The number of aliphatic hydroxyl groups excluding tert-OH is 1. The van der Waals surface area contributed by atoms with Crippen molar-refractivity contribution in [2.24, 2.45) is 0 Å². The Kier molecular flexibility index (Phi) is 5.89. The number of methoxy groups -OCH3 is 1. The van der Waals surface area contributed by atoms with Crippen LogP contribution in [0, 0.1) is 0 Å². The van der Waals surface area contributed by atoms with Gasteiger partial charge in [-0.05, 0) is 57.9 Å². The molecule has 1 aromatic rings. The molecule has 3 atom stereocenters. The minimum Gasteiger partial charge on any atom is -0.496 e. The summed E-state index contributed by atoms with van der Waals surface area (Å²) in [6.45, 7) is 7.08. The Morgan fingerprint density at radius 1 is 1.37 bits per heavy atom. The number of nitrogens with zero attached hydrogens (tertiary/aromatic N) is 1. The summed E-state index contributed by atoms with van der Waals surface area (Å²) in [5.41, 5.74) is 1.51. The molecule has 3 rings (SSSR count). The van der Waals surface area contributed by atoms with Gasteiger partial charge in [-0.1, -0.05) is 11.6 Å². The largest absolute Gasteiger partial charge is 0.496 e. The number of fused-ring (bicyclic) bond motifs is 1. The van der Waals surface area contributed by atoms with E-state index in [0.717, 1.165) is 36.3 Å². The molecule has 0 saturated carbocycles. The van der Waals surface area contributed by atoms with Crippen LogP contribution in [0.15, 0.2) is 12.1 Å². The standard InChI is InChI=1S/C20H29ClN2O4/c1-20(2,3)27-19(25)22-13-6-5-7-23(11-13)18-15-8-12(21)9-17(26-4)14(15)10-16(18)24/h8-9,13,16,18,24H,5-7,10-11H2,1-4H3,(H,22,25)/t13-,16-,18-/m1/s1. The molecule has 0 aromatic heterocycles. The number of carbonyl (C=O) groups excluding carboxylic acids is 1. The maximum Gasteiger partial charge on any atom is 0.407 e. The molecule has 150 valence electrons. The SMILES string of the molecule is COc1cc(Cl)cc2c1C[C@@H](O)[C@@H]2N1CCC[C@@H](NC(=O)OC(C)(C)C)C1. The molecule has 27 heavy (non-hydrogen) atoms. The molecule has 7 heteroatoms. The van der Waals surface area contributed by atoms with E-state index in [0.29, 0.717) is 18.0 Å². The number of piperidine rings is 1. The second-order valence-corrected chi connectivity index (χ2v) is 8.81. The van der Waals surface area contributed by atoms with Crippen LogP contribution in [0.1, 0.15) is 50.8 Å². The van der Waals surface area contributed by atoms with E-state index < -0.39 is 17.8 Å². The third-order valence-electron chi connectivity index (χ3n) is 5.09. The molecule has 0 unspecified atom stereocenters. The molecule has 2 aliphatic rings. The van der Waals surface area contributed by atoms with Crippen molar-refractivity contribution >= 4 is 17.7 Å². The Labute approximate surface area is 165 Å². The number of hydrogen-bond acceptors (Lipinski definition) is 5. The summed E-state index contributed by atoms with van der Waals surface area (Å²) >= 11 is 6.26. The number of benzene rings is 1. The van der Waals surface area contributed by atoms with Crippen molar-refractivity contribution in [1.82, 2.24) is 10.2 Å². The van der Waals surface area contributed by atoms with Crippen LogP contribution < -0.4 is 10.1 Å². The third-order valence-corrected chi connectivity index (χ3v) is 5.31. The Hall–Kier alpha value is -1.50. The van der Waals surface area contributed by atoms with Gasteiger partial charge in [-0.2, -0.15) is 0 Å². The molecule has 1 heterocycles. The van der Waals surface area contributed by atoms with Crippen molar-refractivity contribution in [1.29, 1.82) is 0 Å². The van der Waals surface area contributed by atoms with Crippen LogP contribution in [-0.4, -0.2) is 54.0 Å². The highest BCUT2D eigenvalue weighted by atomic mass is 35.5. The quantitative estimate of drug-likeness (QED) is 0.820. The topological polar surface area (TPSA) is 71.0 Å². The smallest absolute Gasteiger partial charge is 0.407 e. The van der Waals surface area contributed by atoms with E-state index in [1.165, 1.54) is 0 Å². The van der Waals surface area contributed by atoms with Crippen molar-refractivity contribution in [3.8, 4) is 5.75 Å². The molecule has 2 N–H and O–H groups in total. The number of hydrogen-bond donors (Lipinski definition) is 2. The number of halogens is 1. The fourth-order valence-corrected chi connectivity index (χ4v) is 4.33. The lowest BCUT2D eigenvalue weighted by Crippen LogP contribution is -2.50. The van der Waals surface area contributed by atoms with Gasteiger partial charge in [0.2, 0.25) is 0 Å². The molecule has 1 fully saturated rings. The molecule has 0 radical (unpaired) electrons. The summed E-state index contributed by atoms with van der Waals surface area (Å²) in [7, 11) is 1.62. The van der Waals surface area contributed by atoms with Crippen molar-refractivity contribution in [3.05, 3.63) is 28.3 Å². The minimum atomic E-state index is -0.522. The average molecular weight is 397 g/mol. The van der Waals surface area contributed by atoms with Crippen LogP contribution in [0.25, 0.3) is 0 Å². The zero-order valence-electron chi connectivity index (χ0n) is 16.4. The summed E-state index contributed by atoms with van der Waals surface area (Å²) < 4.78 is 10.8. The lowest BCUT2D eigenvalue weighted by molar-refractivity contribution is 0.0302. The molecule has 1 aromatic carbocycles. The first kappa shape index (κ1) is 20.2. The molecule has 1 aliphatic heterocycles. The first-order valence-electron chi connectivity index (χ1n) is 9.46. The number of rotatable bonds is 3. The first-order valence-corrected chi connectivity index (χ1v) is 9.83. The second-order valence-electron chi connectivity index (χ2n) is 8.37. The van der Waals surface area contributed by atoms with Crippen LogP contribution in [0.4, 0.5) is 4.79 Å². The summed E-state index contributed by atoms with van der Waals surface area (Å²) in [5, 5.41) is 14.3. The maximum atomic E-state index is 12.1. The molecule has 6 nitrogen and oxygen atoms in total. The van der Waals surface area contributed by atoms with E-state index in [1.54, 1.807) is 13.2 Å². The van der Waals surface area contributed by atoms with E-state index in [9.17, 15) is 9.90 Å². The van der Waals surface area contributed by atoms with E-state index in [2.05, 4.69) is 10.2 Å². The van der Waals surface area contributed by atoms with Gasteiger partial charge in [-0.25, -0.2) is 4.79 Å². The number of alkyl carbamates (subject to hydrolysis) is 1. The number of amides is 1. The number of nitrogens with one attached hydrogen (secondary N) is 1. The van der Waals surface area contributed by atoms with Crippen molar-refractivity contribution in [3.63, 3.8) is 0 Å². The Morgan fingerprint density at radius 2 is 2.11 bits per heavy atom. The Bertz CT molecular complexity index is 704. The first-order chi connectivity index (χ1) is 12.7. The zero-order valence-corrected chi connectivity index (χ0v) is 17.2. The zero-order chi connectivity index (χ0) is 19.8. The van der Waals surface area contributed by atoms with Crippen molar-refractivity contribution in [2.45, 2.75) is 63.8 Å². The van der Waals surface area contributed by atoms with Crippen LogP contribution in [0.2, 0.25) is 5.02 Å². The van der Waals surface area contributed by atoms with Gasteiger partial charge in [0.15, 0.2) is 0 Å². The highest BCUT2D eigenvalue weighted by Crippen LogP contribution is 2.43. The van der Waals surface area contributed by atoms with Gasteiger partial charge < -0.3 is 19.9 Å². The van der Waals surface area contributed by atoms with Gasteiger partial charge in [-0.15, -0.1) is 0 Å². The van der Waals surface area contributed by atoms with Crippen LogP contribution in [-0.2, 0) is 11.2 Å². The maximum absolute atomic E-state index is 12.1. The van der Waals surface area contributed by atoms with Crippen molar-refractivity contribution < 1.29 is 19.4 Å². The third kappa shape index (κ3) is 4.68. The fraction of sp³-hybridized carbons (Fsp3) is 0.650. The highest BCUT2D eigenvalue weighted by Gasteiger charge is 2.39. The summed E-state index contributed by atoms with van der Waals surface area (Å²) in [4.78, 5) is 14.3. The number of aliphatic hydroxyl groups is 1. The van der Waals surface area contributed by atoms with Gasteiger partial charge >= 0.3 is 6.09 Å². The molecule has 0 spiro atoms. The van der Waals surface area contributed by atoms with Crippen molar-refractivity contribution in [2.75, 3.05) is 20.2 Å². The van der Waals surface area contributed by atoms with Crippen LogP contribution >= 0.6 is 11.6 Å². The van der Waals surface area contributed by atoms with Gasteiger partial charge in [0.05, 0.1) is 19.3 Å². The molecule has 1 amide bonds. The van der Waals surface area contributed by atoms with Gasteiger partial charge in [0.25, 0.3) is 0 Å². The lowest BCUT2D eigenvalue weighted by Gasteiger charge is -2.38. The fourth-order valence-electron chi connectivity index (χ4n) is 4.12. The van der Waals surface area contributed by atoms with E-state index in [-0.39, 0.29) is 12.1 Å². The predicted molar refractivity (Wildman–Crippen MR) is 104 cm³/mol. The number of likely N-dealkylation sites (tertiary alicyclic amines) is 1. The van der Waals surface area contributed by atoms with E-state index in [1.807, 2.05) is 26.8 Å². The second kappa shape index (κ2) is 7.86. The molecule has 1 aliphatic carbocycles. The number of carbonyl (C=O) groups is 1. The summed E-state index contributed by atoms with van der Waals surface area (Å²) in [5.74, 6) is 0.722. The number of ether oxygens (including phenoxy) is 2. The Morgan fingerprint density at radius 3 is 2.78 bits per heavy atom. The van der Waals surface area contributed by atoms with Gasteiger partial charge in [0.1, 0.15) is 11.4 Å².